The maximum atomic E-state index is 12.4. The van der Waals surface area contributed by atoms with E-state index in [0.717, 1.165) is 5.56 Å². The largest absolute Gasteiger partial charge is 0.463 e. The van der Waals surface area contributed by atoms with Crippen molar-refractivity contribution in [1.29, 1.82) is 0 Å². The molecule has 0 fully saturated rings. The number of amides is 1. The molecule has 0 saturated carbocycles. The van der Waals surface area contributed by atoms with Crippen LogP contribution in [-0.4, -0.2) is 29.2 Å². The van der Waals surface area contributed by atoms with Gasteiger partial charge in [0, 0.05) is 6.42 Å². The molecule has 2 atom stereocenters. The number of nitrogens with one attached hydrogen (secondary N) is 1. The fourth-order valence-electron chi connectivity index (χ4n) is 2.68. The van der Waals surface area contributed by atoms with Crippen LogP contribution in [0.5, 0.6) is 0 Å². The number of allylic oxidation sites excluding steroid dienone is 2. The number of ether oxygens (including phenoxy) is 1. The molecular weight excluding hydrogens is 306 g/mol. The van der Waals surface area contributed by atoms with E-state index in [4.69, 9.17) is 4.74 Å². The highest BCUT2D eigenvalue weighted by molar-refractivity contribution is 5.77. The van der Waals surface area contributed by atoms with Gasteiger partial charge in [-0.1, -0.05) is 42.5 Å². The predicted molar refractivity (Wildman–Crippen MR) is 91.1 cm³/mol. The normalized spacial score (nSPS) is 23.6. The van der Waals surface area contributed by atoms with Crippen molar-refractivity contribution < 1.29 is 19.4 Å². The van der Waals surface area contributed by atoms with Gasteiger partial charge in [-0.3, -0.25) is 9.59 Å². The van der Waals surface area contributed by atoms with Crippen molar-refractivity contribution in [3.05, 3.63) is 48.0 Å². The molecule has 2 N–H and O–H groups in total. The molecule has 1 aliphatic rings. The summed E-state index contributed by atoms with van der Waals surface area (Å²) in [5, 5.41) is 13.2. The number of esters is 1. The van der Waals surface area contributed by atoms with Crippen LogP contribution >= 0.6 is 0 Å². The number of carbonyl (C=O) groups is 2. The summed E-state index contributed by atoms with van der Waals surface area (Å²) >= 11 is 0. The van der Waals surface area contributed by atoms with Gasteiger partial charge in [0.25, 0.3) is 0 Å². The standard InChI is InChI=1S/C19H25NO4/c1-19(2,23)15-11-7-4-8-12-17(21)20-16(13-24-18(15)22)14-9-5-3-6-10-14/h3-7,9-10,15-16,23H,8,11-13H2,1-2H3,(H,20,21)/t15-,16+/m1/s1. The van der Waals surface area contributed by atoms with Crippen LogP contribution in [0.2, 0.25) is 0 Å². The third-order valence-corrected chi connectivity index (χ3v) is 4.14. The Labute approximate surface area is 142 Å². The summed E-state index contributed by atoms with van der Waals surface area (Å²) in [7, 11) is 0. The van der Waals surface area contributed by atoms with Crippen LogP contribution in [0.3, 0.4) is 0 Å². The van der Waals surface area contributed by atoms with E-state index >= 15 is 0 Å². The summed E-state index contributed by atoms with van der Waals surface area (Å²) in [5.74, 6) is -1.17. The van der Waals surface area contributed by atoms with Crippen molar-refractivity contribution in [3.63, 3.8) is 0 Å². The first-order valence-corrected chi connectivity index (χ1v) is 8.26. The van der Waals surface area contributed by atoms with Gasteiger partial charge in [0.2, 0.25) is 5.91 Å². The molecule has 5 heteroatoms. The molecule has 24 heavy (non-hydrogen) atoms. The van der Waals surface area contributed by atoms with Gasteiger partial charge in [-0.25, -0.2) is 0 Å². The predicted octanol–water partition coefficient (Wildman–Crippen LogP) is 2.51. The van der Waals surface area contributed by atoms with Gasteiger partial charge < -0.3 is 15.2 Å². The van der Waals surface area contributed by atoms with Gasteiger partial charge in [0.15, 0.2) is 0 Å². The minimum Gasteiger partial charge on any atom is -0.463 e. The van der Waals surface area contributed by atoms with Crippen molar-refractivity contribution in [1.82, 2.24) is 5.32 Å². The summed E-state index contributed by atoms with van der Waals surface area (Å²) in [6, 6.07) is 9.02. The lowest BCUT2D eigenvalue weighted by molar-refractivity contribution is -0.157. The average Bonchev–Trinajstić information content (AvgIpc) is 2.53. The third kappa shape index (κ3) is 5.20. The Kier molecular flexibility index (Phi) is 6.15. The van der Waals surface area contributed by atoms with Crippen LogP contribution in [0.1, 0.15) is 44.7 Å². The van der Waals surface area contributed by atoms with E-state index in [-0.39, 0.29) is 12.5 Å². The molecule has 130 valence electrons. The highest BCUT2D eigenvalue weighted by Crippen LogP contribution is 2.24. The van der Waals surface area contributed by atoms with Crippen molar-refractivity contribution in [2.75, 3.05) is 6.61 Å². The van der Waals surface area contributed by atoms with Gasteiger partial charge in [-0.2, -0.15) is 0 Å². The molecule has 1 aromatic carbocycles. The second-order valence-electron chi connectivity index (χ2n) is 6.61. The smallest absolute Gasteiger partial charge is 0.312 e. The zero-order valence-corrected chi connectivity index (χ0v) is 14.2. The van der Waals surface area contributed by atoms with E-state index in [1.54, 1.807) is 13.8 Å². The highest BCUT2D eigenvalue weighted by Gasteiger charge is 2.34. The van der Waals surface area contributed by atoms with E-state index in [1.165, 1.54) is 0 Å². The van der Waals surface area contributed by atoms with Gasteiger partial charge in [0.1, 0.15) is 6.61 Å². The Morgan fingerprint density at radius 1 is 1.17 bits per heavy atom. The van der Waals surface area contributed by atoms with Gasteiger partial charge in [-0.05, 0) is 32.3 Å². The Balaban J connectivity index is 2.20. The number of hydrogen-bond acceptors (Lipinski definition) is 4. The fraction of sp³-hybridized carbons (Fsp3) is 0.474. The second kappa shape index (κ2) is 8.11. The van der Waals surface area contributed by atoms with Crippen LogP contribution in [0.25, 0.3) is 0 Å². The maximum absolute atomic E-state index is 12.4. The molecule has 0 aliphatic carbocycles. The molecule has 0 spiro atoms. The molecule has 0 aromatic heterocycles. The molecule has 1 amide bonds. The lowest BCUT2D eigenvalue weighted by atomic mass is 9.88. The van der Waals surface area contributed by atoms with Crippen molar-refractivity contribution in [2.24, 2.45) is 5.92 Å². The Hall–Kier alpha value is -2.14. The van der Waals surface area contributed by atoms with E-state index in [1.807, 2.05) is 42.5 Å². The molecule has 1 aromatic rings. The van der Waals surface area contributed by atoms with E-state index in [0.29, 0.717) is 19.3 Å². The van der Waals surface area contributed by atoms with Gasteiger partial charge in [-0.15, -0.1) is 0 Å². The molecule has 0 unspecified atom stereocenters. The molecule has 0 bridgehead atoms. The Morgan fingerprint density at radius 2 is 1.88 bits per heavy atom. The average molecular weight is 331 g/mol. The molecule has 0 radical (unpaired) electrons. The monoisotopic (exact) mass is 331 g/mol. The summed E-state index contributed by atoms with van der Waals surface area (Å²) in [4.78, 5) is 24.5. The minimum absolute atomic E-state index is 0.0465. The van der Waals surface area contributed by atoms with Crippen LogP contribution in [-0.2, 0) is 14.3 Å². The summed E-state index contributed by atoms with van der Waals surface area (Å²) in [6.45, 7) is 3.26. The molecule has 1 heterocycles. The number of carbonyl (C=O) groups excluding carboxylic acids is 2. The van der Waals surface area contributed by atoms with Crippen LogP contribution in [0.15, 0.2) is 42.5 Å². The summed E-state index contributed by atoms with van der Waals surface area (Å²) < 4.78 is 5.42. The summed E-state index contributed by atoms with van der Waals surface area (Å²) in [5.41, 5.74) is -0.289. The SMILES string of the molecule is CC(C)(O)[C@@H]1CC=CCCC(=O)N[C@H](c2ccccc2)COC1=O. The van der Waals surface area contributed by atoms with Gasteiger partial charge >= 0.3 is 5.97 Å². The van der Waals surface area contributed by atoms with Crippen molar-refractivity contribution >= 4 is 11.9 Å². The van der Waals surface area contributed by atoms with E-state index in [9.17, 15) is 14.7 Å². The zero-order valence-electron chi connectivity index (χ0n) is 14.2. The quantitative estimate of drug-likeness (QED) is 0.645. The maximum Gasteiger partial charge on any atom is 0.312 e. The van der Waals surface area contributed by atoms with Crippen LogP contribution in [0, 0.1) is 5.92 Å². The minimum atomic E-state index is -1.17. The summed E-state index contributed by atoms with van der Waals surface area (Å²) in [6.07, 6.45) is 5.06. The number of aliphatic hydroxyl groups is 1. The lowest BCUT2D eigenvalue weighted by Gasteiger charge is -2.28. The fourth-order valence-corrected chi connectivity index (χ4v) is 2.68. The first kappa shape index (κ1) is 18.2. The molecule has 5 nitrogen and oxygen atoms in total. The first-order chi connectivity index (χ1) is 11.4. The molecular formula is C19H25NO4. The van der Waals surface area contributed by atoms with Crippen molar-refractivity contribution in [3.8, 4) is 0 Å². The molecule has 1 aliphatic heterocycles. The van der Waals surface area contributed by atoms with Crippen molar-refractivity contribution in [2.45, 2.75) is 44.8 Å². The van der Waals surface area contributed by atoms with Crippen LogP contribution in [0.4, 0.5) is 0 Å². The Bertz CT molecular complexity index is 589. The zero-order chi connectivity index (χ0) is 17.6. The number of cyclic esters (lactones) is 1. The topological polar surface area (TPSA) is 75.6 Å². The Morgan fingerprint density at radius 3 is 2.54 bits per heavy atom. The number of benzene rings is 1. The molecule has 2 rings (SSSR count). The van der Waals surface area contributed by atoms with E-state index in [2.05, 4.69) is 5.32 Å². The third-order valence-electron chi connectivity index (χ3n) is 4.14. The van der Waals surface area contributed by atoms with Crippen LogP contribution < -0.4 is 5.32 Å². The first-order valence-electron chi connectivity index (χ1n) is 8.26. The second-order valence-corrected chi connectivity index (χ2v) is 6.61. The highest BCUT2D eigenvalue weighted by atomic mass is 16.5. The van der Waals surface area contributed by atoms with E-state index < -0.39 is 23.5 Å². The molecule has 0 saturated heterocycles. The number of hydrogen-bond donors (Lipinski definition) is 2. The number of rotatable bonds is 2. The van der Waals surface area contributed by atoms with Gasteiger partial charge in [0.05, 0.1) is 17.6 Å². The lowest BCUT2D eigenvalue weighted by Crippen LogP contribution is -2.39.